The summed E-state index contributed by atoms with van der Waals surface area (Å²) in [5.74, 6) is -0.299. The van der Waals surface area contributed by atoms with Crippen LogP contribution in [-0.4, -0.2) is 47.4 Å². The van der Waals surface area contributed by atoms with Crippen molar-refractivity contribution in [1.82, 2.24) is 9.80 Å². The number of rotatable bonds is 12. The number of nitrogens with zero attached hydrogens (tertiary/aromatic N) is 2. The summed E-state index contributed by atoms with van der Waals surface area (Å²) < 4.78 is 5.02. The number of ether oxygens (including phenoxy) is 1. The molecule has 8 heteroatoms. The molecule has 0 fully saturated rings. The first-order chi connectivity index (χ1) is 18.3. The maximum absolute atomic E-state index is 13.6. The fourth-order valence-electron chi connectivity index (χ4n) is 3.89. The highest BCUT2D eigenvalue weighted by Gasteiger charge is 2.24. The third-order valence-corrected chi connectivity index (χ3v) is 7.19. The first-order valence-corrected chi connectivity index (χ1v) is 13.8. The highest BCUT2D eigenvalue weighted by molar-refractivity contribution is 7.11. The number of hydrogen-bond acceptors (Lipinski definition) is 5. The number of amides is 3. The van der Waals surface area contributed by atoms with E-state index in [1.165, 1.54) is 4.88 Å². The van der Waals surface area contributed by atoms with E-state index in [1.807, 2.05) is 35.2 Å². The molecule has 202 valence electrons. The Morgan fingerprint density at radius 1 is 0.921 bits per heavy atom. The second kappa shape index (κ2) is 14.3. The van der Waals surface area contributed by atoms with Crippen LogP contribution in [0.1, 0.15) is 52.9 Å². The fraction of sp³-hybridized carbons (Fsp3) is 0.367. The van der Waals surface area contributed by atoms with E-state index < -0.39 is 5.97 Å². The Balaban J connectivity index is 1.75. The number of hydrogen-bond donors (Lipinski definition) is 1. The molecule has 1 unspecified atom stereocenters. The van der Waals surface area contributed by atoms with Gasteiger partial charge < -0.3 is 19.9 Å². The van der Waals surface area contributed by atoms with Crippen LogP contribution >= 0.6 is 11.3 Å². The number of urea groups is 1. The van der Waals surface area contributed by atoms with Crippen molar-refractivity contribution < 1.29 is 19.1 Å². The predicted octanol–water partition coefficient (Wildman–Crippen LogP) is 6.34. The van der Waals surface area contributed by atoms with E-state index in [-0.39, 0.29) is 24.4 Å². The van der Waals surface area contributed by atoms with Gasteiger partial charge in [0.15, 0.2) is 0 Å². The molecule has 0 radical (unpaired) electrons. The lowest BCUT2D eigenvalue weighted by atomic mass is 10.1. The van der Waals surface area contributed by atoms with Gasteiger partial charge in [-0.05, 0) is 61.7 Å². The van der Waals surface area contributed by atoms with Crippen molar-refractivity contribution in [2.24, 2.45) is 5.92 Å². The maximum Gasteiger partial charge on any atom is 0.338 e. The minimum absolute atomic E-state index is 0.0335. The molecule has 7 nitrogen and oxygen atoms in total. The van der Waals surface area contributed by atoms with Crippen LogP contribution in [0.4, 0.5) is 10.5 Å². The van der Waals surface area contributed by atoms with E-state index in [1.54, 1.807) is 47.4 Å². The average molecular weight is 536 g/mol. The van der Waals surface area contributed by atoms with Crippen molar-refractivity contribution in [2.75, 3.05) is 25.0 Å². The van der Waals surface area contributed by atoms with Crippen molar-refractivity contribution in [3.05, 3.63) is 87.6 Å². The molecule has 1 atom stereocenters. The summed E-state index contributed by atoms with van der Waals surface area (Å²) >= 11 is 1.67. The van der Waals surface area contributed by atoms with E-state index in [0.29, 0.717) is 37.5 Å². The number of aryl methyl sites for hydroxylation is 1. The molecule has 2 aromatic carbocycles. The van der Waals surface area contributed by atoms with E-state index in [4.69, 9.17) is 4.74 Å². The number of esters is 1. The van der Waals surface area contributed by atoms with E-state index in [0.717, 1.165) is 16.9 Å². The Morgan fingerprint density at radius 3 is 2.24 bits per heavy atom. The molecule has 0 bridgehead atoms. The molecular weight excluding hydrogens is 498 g/mol. The van der Waals surface area contributed by atoms with Gasteiger partial charge in [0.25, 0.3) is 0 Å². The van der Waals surface area contributed by atoms with Crippen LogP contribution in [0.25, 0.3) is 0 Å². The molecule has 0 saturated carbocycles. The fourth-order valence-corrected chi connectivity index (χ4v) is 4.79. The third-order valence-electron chi connectivity index (χ3n) is 6.20. The van der Waals surface area contributed by atoms with Gasteiger partial charge in [-0.25, -0.2) is 9.59 Å². The van der Waals surface area contributed by atoms with Crippen molar-refractivity contribution in [1.29, 1.82) is 0 Å². The molecule has 0 aliphatic carbocycles. The lowest BCUT2D eigenvalue weighted by Crippen LogP contribution is -2.45. The van der Waals surface area contributed by atoms with Gasteiger partial charge >= 0.3 is 12.0 Å². The third kappa shape index (κ3) is 8.73. The average Bonchev–Trinajstić information content (AvgIpc) is 3.33. The molecule has 3 rings (SSSR count). The van der Waals surface area contributed by atoms with Crippen LogP contribution in [0.2, 0.25) is 0 Å². The van der Waals surface area contributed by atoms with Crippen LogP contribution in [0.3, 0.4) is 0 Å². The highest BCUT2D eigenvalue weighted by Crippen LogP contribution is 2.20. The number of thiophene rings is 1. The van der Waals surface area contributed by atoms with Crippen LogP contribution in [0.15, 0.2) is 66.7 Å². The van der Waals surface area contributed by atoms with Crippen LogP contribution in [-0.2, 0) is 22.6 Å². The number of carbonyl (C=O) groups excluding carboxylic acids is 3. The Morgan fingerprint density at radius 2 is 1.63 bits per heavy atom. The maximum atomic E-state index is 13.6. The second-order valence-corrected chi connectivity index (χ2v) is 10.7. The van der Waals surface area contributed by atoms with Gasteiger partial charge in [0.1, 0.15) is 6.54 Å². The van der Waals surface area contributed by atoms with E-state index in [9.17, 15) is 14.4 Å². The van der Waals surface area contributed by atoms with Crippen molar-refractivity contribution in [3.8, 4) is 0 Å². The Labute approximate surface area is 229 Å². The van der Waals surface area contributed by atoms with Crippen molar-refractivity contribution in [2.45, 2.75) is 47.2 Å². The molecule has 0 spiro atoms. The first kappa shape index (κ1) is 28.9. The Kier molecular flexibility index (Phi) is 10.9. The van der Waals surface area contributed by atoms with Gasteiger partial charge in [-0.3, -0.25) is 4.79 Å². The number of nitrogens with one attached hydrogen (secondary N) is 1. The molecule has 3 aromatic rings. The number of benzene rings is 2. The lowest BCUT2D eigenvalue weighted by Gasteiger charge is -2.29. The number of anilines is 1. The second-order valence-electron chi connectivity index (χ2n) is 9.37. The van der Waals surface area contributed by atoms with Crippen molar-refractivity contribution >= 4 is 34.9 Å². The zero-order valence-electron chi connectivity index (χ0n) is 22.6. The summed E-state index contributed by atoms with van der Waals surface area (Å²) in [4.78, 5) is 44.6. The van der Waals surface area contributed by atoms with Gasteiger partial charge in [-0.15, -0.1) is 11.3 Å². The topological polar surface area (TPSA) is 79.0 Å². The molecule has 1 heterocycles. The van der Waals surface area contributed by atoms with Crippen LogP contribution in [0, 0.1) is 12.8 Å². The molecule has 1 aromatic heterocycles. The monoisotopic (exact) mass is 535 g/mol. The Bertz CT molecular complexity index is 1190. The highest BCUT2D eigenvalue weighted by atomic mass is 32.1. The molecular formula is C30H37N3O4S. The summed E-state index contributed by atoms with van der Waals surface area (Å²) in [6.45, 7) is 9.60. The first-order valence-electron chi connectivity index (χ1n) is 13.0. The summed E-state index contributed by atoms with van der Waals surface area (Å²) in [5.41, 5.74) is 1.99. The predicted molar refractivity (Wildman–Crippen MR) is 152 cm³/mol. The smallest absolute Gasteiger partial charge is 0.338 e. The molecule has 38 heavy (non-hydrogen) atoms. The minimum Gasteiger partial charge on any atom is -0.462 e. The molecule has 1 N–H and O–H groups in total. The molecule has 0 aliphatic heterocycles. The normalized spacial score (nSPS) is 11.5. The van der Waals surface area contributed by atoms with Gasteiger partial charge in [0.2, 0.25) is 5.91 Å². The van der Waals surface area contributed by atoms with E-state index in [2.05, 4.69) is 38.2 Å². The molecule has 0 aliphatic rings. The molecule has 3 amide bonds. The van der Waals surface area contributed by atoms with Crippen molar-refractivity contribution in [3.63, 3.8) is 0 Å². The van der Waals surface area contributed by atoms with Crippen LogP contribution in [0.5, 0.6) is 0 Å². The van der Waals surface area contributed by atoms with Crippen LogP contribution < -0.4 is 5.32 Å². The summed E-state index contributed by atoms with van der Waals surface area (Å²) in [5, 5.41) is 2.88. The summed E-state index contributed by atoms with van der Waals surface area (Å²) in [6.07, 6.45) is 0.883. The minimum atomic E-state index is -0.409. The zero-order valence-corrected chi connectivity index (χ0v) is 23.4. The van der Waals surface area contributed by atoms with Gasteiger partial charge in [0.05, 0.1) is 18.7 Å². The summed E-state index contributed by atoms with van der Waals surface area (Å²) in [6, 6.07) is 20.2. The quantitative estimate of drug-likeness (QED) is 0.274. The van der Waals surface area contributed by atoms with E-state index >= 15 is 0 Å². The van der Waals surface area contributed by atoms with Gasteiger partial charge in [0, 0.05) is 28.5 Å². The van der Waals surface area contributed by atoms with Gasteiger partial charge in [-0.1, -0.05) is 50.6 Å². The lowest BCUT2D eigenvalue weighted by molar-refractivity contribution is -0.133. The standard InChI is InChI=1S/C30H37N3O4S/c1-5-22(3)18-33(30(36)31-26-15-13-25(14-16-26)29(35)37-6-2)21-28(34)32(19-24-10-8-7-9-11-24)20-27-17-12-23(4)38-27/h7-17,22H,5-6,18-21H2,1-4H3,(H,31,36). The Hall–Kier alpha value is -3.65. The number of carbonyl (C=O) groups is 3. The van der Waals surface area contributed by atoms with Gasteiger partial charge in [-0.2, -0.15) is 0 Å². The zero-order chi connectivity index (χ0) is 27.5. The largest absolute Gasteiger partial charge is 0.462 e. The summed E-state index contributed by atoms with van der Waals surface area (Å²) in [7, 11) is 0. The SMILES string of the molecule is CCOC(=O)c1ccc(NC(=O)N(CC(=O)N(Cc2ccccc2)Cc2ccc(C)s2)CC(C)CC)cc1. The molecule has 0 saturated heterocycles.